The van der Waals surface area contributed by atoms with Crippen molar-refractivity contribution >= 4 is 25.8 Å². The molecule has 0 heterocycles. The van der Waals surface area contributed by atoms with Crippen LogP contribution in [-0.2, 0) is 0 Å². The van der Waals surface area contributed by atoms with E-state index >= 15 is 0 Å². The molecule has 32 valence electrons. The molecule has 0 aliphatic heterocycles. The SMILES string of the molecule is O.O.O.O.[In+3]. The fraction of sp³-hybridized carbons (Fsp3) is 0. The minimum atomic E-state index is 0. The van der Waals surface area contributed by atoms with E-state index in [9.17, 15) is 0 Å². The van der Waals surface area contributed by atoms with Gasteiger partial charge < -0.3 is 21.9 Å². The normalized spacial score (nSPS) is 0. The quantitative estimate of drug-likeness (QED) is 0.370. The van der Waals surface area contributed by atoms with Gasteiger partial charge in [0.15, 0.2) is 0 Å². The monoisotopic (exact) mass is 187 g/mol. The molecule has 0 amide bonds. The third-order valence-electron chi connectivity index (χ3n) is 0. The molecule has 0 fully saturated rings. The van der Waals surface area contributed by atoms with Gasteiger partial charge in [-0.3, -0.25) is 0 Å². The molecule has 0 unspecified atom stereocenters. The van der Waals surface area contributed by atoms with Crippen LogP contribution in [0.2, 0.25) is 0 Å². The topological polar surface area (TPSA) is 126 Å². The maximum absolute atomic E-state index is 0. The van der Waals surface area contributed by atoms with E-state index in [2.05, 4.69) is 0 Å². The van der Waals surface area contributed by atoms with E-state index in [-0.39, 0.29) is 47.7 Å². The Morgan fingerprint density at radius 1 is 0.400 bits per heavy atom. The molecule has 0 radical (unpaired) electrons. The Balaban J connectivity index is 0. The van der Waals surface area contributed by atoms with Crippen LogP contribution in [0.3, 0.4) is 0 Å². The molecular formula is H8InO4+3. The number of hydrogen-bond donors (Lipinski definition) is 0. The Morgan fingerprint density at radius 2 is 0.400 bits per heavy atom. The van der Waals surface area contributed by atoms with Gasteiger partial charge in [-0.15, -0.1) is 0 Å². The van der Waals surface area contributed by atoms with Crippen LogP contribution in [0.1, 0.15) is 0 Å². The zero-order valence-corrected chi connectivity index (χ0v) is 5.87. The molecule has 0 rings (SSSR count). The van der Waals surface area contributed by atoms with Crippen molar-refractivity contribution in [2.24, 2.45) is 0 Å². The van der Waals surface area contributed by atoms with E-state index in [1.165, 1.54) is 0 Å². The molecular weight excluding hydrogens is 179 g/mol. The standard InChI is InChI=1S/In.4H2O/h;4*1H2/q+3;;;;. The summed E-state index contributed by atoms with van der Waals surface area (Å²) in [5, 5.41) is 0. The van der Waals surface area contributed by atoms with Gasteiger partial charge in [0, 0.05) is 0 Å². The van der Waals surface area contributed by atoms with Crippen molar-refractivity contribution in [1.82, 2.24) is 0 Å². The second kappa shape index (κ2) is 129. The molecule has 0 spiro atoms. The van der Waals surface area contributed by atoms with Crippen molar-refractivity contribution in [1.29, 1.82) is 0 Å². The van der Waals surface area contributed by atoms with Gasteiger partial charge in [-0.1, -0.05) is 0 Å². The minimum Gasteiger partial charge on any atom is -0.412 e. The molecule has 5 heteroatoms. The summed E-state index contributed by atoms with van der Waals surface area (Å²) in [5.74, 6) is 0. The first-order valence-electron chi connectivity index (χ1n) is 0. The van der Waals surface area contributed by atoms with Crippen molar-refractivity contribution in [2.45, 2.75) is 0 Å². The van der Waals surface area contributed by atoms with E-state index in [1.54, 1.807) is 0 Å². The summed E-state index contributed by atoms with van der Waals surface area (Å²) < 4.78 is 0. The molecule has 0 atom stereocenters. The van der Waals surface area contributed by atoms with Crippen LogP contribution in [0.4, 0.5) is 0 Å². The first-order chi connectivity index (χ1) is 0. The number of hydrogen-bond acceptors (Lipinski definition) is 0. The maximum Gasteiger partial charge on any atom is 3.00 e. The molecule has 0 bridgehead atoms. The van der Waals surface area contributed by atoms with Crippen molar-refractivity contribution < 1.29 is 21.9 Å². The van der Waals surface area contributed by atoms with E-state index in [0.717, 1.165) is 0 Å². The van der Waals surface area contributed by atoms with Gasteiger partial charge in [-0.05, 0) is 0 Å². The van der Waals surface area contributed by atoms with E-state index in [4.69, 9.17) is 0 Å². The van der Waals surface area contributed by atoms with Gasteiger partial charge in [-0.2, -0.15) is 0 Å². The van der Waals surface area contributed by atoms with Crippen molar-refractivity contribution in [3.05, 3.63) is 0 Å². The van der Waals surface area contributed by atoms with Gasteiger partial charge >= 0.3 is 25.8 Å². The van der Waals surface area contributed by atoms with Gasteiger partial charge in [0.2, 0.25) is 0 Å². The van der Waals surface area contributed by atoms with Crippen LogP contribution in [0.15, 0.2) is 0 Å². The van der Waals surface area contributed by atoms with Crippen LogP contribution in [0, 0.1) is 0 Å². The summed E-state index contributed by atoms with van der Waals surface area (Å²) in [6.45, 7) is 0. The summed E-state index contributed by atoms with van der Waals surface area (Å²) in [5.41, 5.74) is 0. The Hall–Kier alpha value is 0.710. The molecule has 0 saturated heterocycles. The minimum absolute atomic E-state index is 0. The molecule has 0 aromatic carbocycles. The first kappa shape index (κ1) is 251. The predicted molar refractivity (Wildman–Crippen MR) is 20.2 cm³/mol. The van der Waals surface area contributed by atoms with Crippen molar-refractivity contribution in [3.8, 4) is 0 Å². The third kappa shape index (κ3) is 68.6. The summed E-state index contributed by atoms with van der Waals surface area (Å²) in [6.07, 6.45) is 0. The van der Waals surface area contributed by atoms with E-state index < -0.39 is 0 Å². The number of rotatable bonds is 0. The molecule has 5 heavy (non-hydrogen) atoms. The van der Waals surface area contributed by atoms with Crippen LogP contribution < -0.4 is 0 Å². The molecule has 0 aromatic rings. The van der Waals surface area contributed by atoms with Gasteiger partial charge in [0.1, 0.15) is 0 Å². The van der Waals surface area contributed by atoms with Crippen molar-refractivity contribution in [2.75, 3.05) is 0 Å². The Kier molecular flexibility index (Phi) is 6460. The predicted octanol–water partition coefficient (Wildman–Crippen LogP) is -3.68. The van der Waals surface area contributed by atoms with Crippen LogP contribution in [0.25, 0.3) is 0 Å². The second-order valence-corrected chi connectivity index (χ2v) is 0. The Morgan fingerprint density at radius 3 is 0.400 bits per heavy atom. The Bertz CT molecular complexity index is 3.61. The average molecular weight is 187 g/mol. The fourth-order valence-corrected chi connectivity index (χ4v) is 0. The molecule has 8 N–H and O–H groups in total. The molecule has 0 aliphatic carbocycles. The zero-order valence-electron chi connectivity index (χ0n) is 2.58. The molecule has 4 nitrogen and oxygen atoms in total. The average Bonchev–Trinajstić information content (AvgIpc) is 0. The third-order valence-corrected chi connectivity index (χ3v) is 0. The van der Waals surface area contributed by atoms with Gasteiger partial charge in [-0.25, -0.2) is 0 Å². The first-order valence-corrected chi connectivity index (χ1v) is 0. The fourth-order valence-electron chi connectivity index (χ4n) is 0. The summed E-state index contributed by atoms with van der Waals surface area (Å²) in [7, 11) is 0. The zero-order chi connectivity index (χ0) is 0. The van der Waals surface area contributed by atoms with Gasteiger partial charge in [0.25, 0.3) is 0 Å². The summed E-state index contributed by atoms with van der Waals surface area (Å²) in [6, 6.07) is 0. The maximum atomic E-state index is 0. The van der Waals surface area contributed by atoms with E-state index in [0.29, 0.717) is 0 Å². The van der Waals surface area contributed by atoms with Crippen LogP contribution in [0.5, 0.6) is 0 Å². The summed E-state index contributed by atoms with van der Waals surface area (Å²) >= 11 is 0. The smallest absolute Gasteiger partial charge is 0.412 e. The van der Waals surface area contributed by atoms with Crippen LogP contribution in [-0.4, -0.2) is 47.7 Å². The van der Waals surface area contributed by atoms with E-state index in [1.807, 2.05) is 0 Å². The van der Waals surface area contributed by atoms with Crippen molar-refractivity contribution in [3.63, 3.8) is 0 Å². The molecule has 0 aromatic heterocycles. The molecule has 0 aliphatic rings. The van der Waals surface area contributed by atoms with Gasteiger partial charge in [0.05, 0.1) is 0 Å². The van der Waals surface area contributed by atoms with Crippen LogP contribution >= 0.6 is 0 Å². The Labute approximate surface area is 48.2 Å². The summed E-state index contributed by atoms with van der Waals surface area (Å²) in [4.78, 5) is 0. The largest absolute Gasteiger partial charge is 3.00 e. The second-order valence-electron chi connectivity index (χ2n) is 0. The molecule has 0 saturated carbocycles.